The van der Waals surface area contributed by atoms with Gasteiger partial charge in [0.25, 0.3) is 0 Å². The third-order valence-corrected chi connectivity index (χ3v) is 2.62. The Bertz CT molecular complexity index is 617. The van der Waals surface area contributed by atoms with Crippen molar-refractivity contribution in [3.63, 3.8) is 0 Å². The van der Waals surface area contributed by atoms with E-state index in [-0.39, 0.29) is 0 Å². The van der Waals surface area contributed by atoms with Gasteiger partial charge in [0, 0.05) is 24.3 Å². The van der Waals surface area contributed by atoms with E-state index in [4.69, 9.17) is 5.73 Å². The lowest BCUT2D eigenvalue weighted by atomic mass is 10.2. The van der Waals surface area contributed by atoms with Gasteiger partial charge in [-0.1, -0.05) is 0 Å². The van der Waals surface area contributed by atoms with Crippen molar-refractivity contribution in [3.05, 3.63) is 36.7 Å². The number of hydrogen-bond donors (Lipinski definition) is 1. The topological polar surface area (TPSA) is 67.4 Å². The molecular formula is C12H11N5. The van der Waals surface area contributed by atoms with Crippen LogP contribution in [0.1, 0.15) is 0 Å². The third kappa shape index (κ3) is 1.71. The highest BCUT2D eigenvalue weighted by Crippen LogP contribution is 2.20. The minimum atomic E-state index is 0.453. The quantitative estimate of drug-likeness (QED) is 0.800. The SMILES string of the molecule is Nc1nccc2ccc(N3C=NC=CC3)nc12. The Balaban J connectivity index is 2.10. The summed E-state index contributed by atoms with van der Waals surface area (Å²) in [5.74, 6) is 1.28. The fraction of sp³-hybridized carbons (Fsp3) is 0.0833. The molecule has 0 saturated heterocycles. The molecule has 84 valence electrons. The summed E-state index contributed by atoms with van der Waals surface area (Å²) < 4.78 is 0. The normalized spacial score (nSPS) is 14.5. The molecule has 5 nitrogen and oxygen atoms in total. The number of aromatic nitrogens is 2. The van der Waals surface area contributed by atoms with Crippen molar-refractivity contribution < 1.29 is 0 Å². The molecule has 0 unspecified atom stereocenters. The maximum atomic E-state index is 5.81. The van der Waals surface area contributed by atoms with Crippen LogP contribution in [0.3, 0.4) is 0 Å². The van der Waals surface area contributed by atoms with Crippen molar-refractivity contribution in [3.8, 4) is 0 Å². The molecule has 0 amide bonds. The number of hydrogen-bond acceptors (Lipinski definition) is 5. The van der Waals surface area contributed by atoms with Gasteiger partial charge < -0.3 is 10.6 Å². The molecule has 0 atom stereocenters. The molecular weight excluding hydrogens is 214 g/mol. The molecule has 2 aromatic rings. The van der Waals surface area contributed by atoms with Crippen molar-refractivity contribution in [2.45, 2.75) is 0 Å². The molecule has 1 aliphatic heterocycles. The number of nitrogen functional groups attached to an aromatic ring is 1. The van der Waals surface area contributed by atoms with Gasteiger partial charge in [0.2, 0.25) is 0 Å². The van der Waals surface area contributed by atoms with E-state index in [2.05, 4.69) is 15.0 Å². The molecule has 3 heterocycles. The standard InChI is InChI=1S/C12H11N5/c13-12-11-9(4-6-15-12)2-3-10(16-11)17-7-1-5-14-8-17/h1-6,8H,7H2,(H2,13,15). The maximum Gasteiger partial charge on any atom is 0.150 e. The highest BCUT2D eigenvalue weighted by Gasteiger charge is 2.08. The highest BCUT2D eigenvalue weighted by atomic mass is 15.2. The number of nitrogens with zero attached hydrogens (tertiary/aromatic N) is 4. The van der Waals surface area contributed by atoms with Crippen LogP contribution in [0, 0.1) is 0 Å². The monoisotopic (exact) mass is 225 g/mol. The zero-order valence-electron chi connectivity index (χ0n) is 9.11. The Morgan fingerprint density at radius 1 is 1.24 bits per heavy atom. The van der Waals surface area contributed by atoms with Gasteiger partial charge in [0.05, 0.1) is 6.34 Å². The van der Waals surface area contributed by atoms with Gasteiger partial charge in [-0.25, -0.2) is 15.0 Å². The first kappa shape index (κ1) is 9.77. The summed E-state index contributed by atoms with van der Waals surface area (Å²) in [7, 11) is 0. The van der Waals surface area contributed by atoms with Gasteiger partial charge in [-0.05, 0) is 24.3 Å². The summed E-state index contributed by atoms with van der Waals surface area (Å²) in [6.07, 6.45) is 7.18. The second-order valence-corrected chi connectivity index (χ2v) is 3.74. The van der Waals surface area contributed by atoms with Gasteiger partial charge in [0.1, 0.15) is 17.2 Å². The summed E-state index contributed by atoms with van der Waals surface area (Å²) in [5.41, 5.74) is 6.54. The van der Waals surface area contributed by atoms with Crippen LogP contribution >= 0.6 is 0 Å². The maximum absolute atomic E-state index is 5.81. The molecule has 2 N–H and O–H groups in total. The molecule has 0 aliphatic carbocycles. The number of anilines is 2. The van der Waals surface area contributed by atoms with Crippen LogP contribution in [-0.2, 0) is 0 Å². The molecule has 0 fully saturated rings. The molecule has 0 aromatic carbocycles. The van der Waals surface area contributed by atoms with Crippen molar-refractivity contribution in [2.75, 3.05) is 17.2 Å². The molecule has 0 saturated carbocycles. The summed E-state index contributed by atoms with van der Waals surface area (Å²) in [4.78, 5) is 14.6. The molecule has 5 heteroatoms. The number of fused-ring (bicyclic) bond motifs is 1. The Morgan fingerprint density at radius 2 is 2.18 bits per heavy atom. The predicted octanol–water partition coefficient (Wildman–Crippen LogP) is 1.57. The summed E-state index contributed by atoms with van der Waals surface area (Å²) in [6, 6.07) is 5.83. The molecule has 17 heavy (non-hydrogen) atoms. The van der Waals surface area contributed by atoms with Crippen LogP contribution in [0.5, 0.6) is 0 Å². The number of nitrogens with two attached hydrogens (primary N) is 1. The van der Waals surface area contributed by atoms with E-state index in [0.717, 1.165) is 23.3 Å². The molecule has 0 radical (unpaired) electrons. The first-order valence-electron chi connectivity index (χ1n) is 5.31. The van der Waals surface area contributed by atoms with Gasteiger partial charge in [-0.2, -0.15) is 0 Å². The van der Waals surface area contributed by atoms with E-state index >= 15 is 0 Å². The Hall–Kier alpha value is -2.43. The van der Waals surface area contributed by atoms with E-state index in [0.29, 0.717) is 5.82 Å². The van der Waals surface area contributed by atoms with E-state index in [9.17, 15) is 0 Å². The van der Waals surface area contributed by atoms with E-state index in [1.165, 1.54) is 0 Å². The zero-order valence-corrected chi connectivity index (χ0v) is 9.11. The third-order valence-electron chi connectivity index (χ3n) is 2.62. The van der Waals surface area contributed by atoms with Gasteiger partial charge in [0.15, 0.2) is 0 Å². The fourth-order valence-electron chi connectivity index (χ4n) is 1.76. The number of rotatable bonds is 1. The van der Waals surface area contributed by atoms with Crippen LogP contribution in [0.2, 0.25) is 0 Å². The fourth-order valence-corrected chi connectivity index (χ4v) is 1.76. The highest BCUT2D eigenvalue weighted by molar-refractivity contribution is 5.90. The second kappa shape index (κ2) is 3.86. The molecule has 1 aliphatic rings. The van der Waals surface area contributed by atoms with Crippen molar-refractivity contribution in [1.82, 2.24) is 9.97 Å². The minimum absolute atomic E-state index is 0.453. The van der Waals surface area contributed by atoms with Gasteiger partial charge in [-0.15, -0.1) is 0 Å². The van der Waals surface area contributed by atoms with Crippen LogP contribution in [0.15, 0.2) is 41.7 Å². The van der Waals surface area contributed by atoms with Gasteiger partial charge >= 0.3 is 0 Å². The van der Waals surface area contributed by atoms with Crippen LogP contribution in [-0.4, -0.2) is 22.9 Å². The Labute approximate surface area is 98.3 Å². The smallest absolute Gasteiger partial charge is 0.150 e. The summed E-state index contributed by atoms with van der Waals surface area (Å²) in [6.45, 7) is 0.766. The average Bonchev–Trinajstić information content (AvgIpc) is 2.40. The first-order chi connectivity index (χ1) is 8.34. The second-order valence-electron chi connectivity index (χ2n) is 3.74. The summed E-state index contributed by atoms with van der Waals surface area (Å²) >= 11 is 0. The average molecular weight is 225 g/mol. The molecule has 3 rings (SSSR count). The Kier molecular flexibility index (Phi) is 2.22. The van der Waals surface area contributed by atoms with Crippen molar-refractivity contribution in [1.29, 1.82) is 0 Å². The van der Waals surface area contributed by atoms with Crippen LogP contribution in [0.4, 0.5) is 11.6 Å². The number of pyridine rings is 2. The molecule has 2 aromatic heterocycles. The first-order valence-corrected chi connectivity index (χ1v) is 5.31. The molecule has 0 spiro atoms. The molecule has 0 bridgehead atoms. The van der Waals surface area contributed by atoms with Crippen LogP contribution < -0.4 is 10.6 Å². The van der Waals surface area contributed by atoms with Gasteiger partial charge in [-0.3, -0.25) is 0 Å². The van der Waals surface area contributed by atoms with Crippen molar-refractivity contribution in [2.24, 2.45) is 4.99 Å². The Morgan fingerprint density at radius 3 is 3.00 bits per heavy atom. The van der Waals surface area contributed by atoms with Crippen molar-refractivity contribution >= 4 is 28.9 Å². The lowest BCUT2D eigenvalue weighted by Gasteiger charge is -2.18. The van der Waals surface area contributed by atoms with E-state index in [1.807, 2.05) is 29.2 Å². The minimum Gasteiger partial charge on any atom is -0.382 e. The zero-order chi connectivity index (χ0) is 11.7. The van der Waals surface area contributed by atoms with E-state index < -0.39 is 0 Å². The number of aliphatic imine (C=N–C) groups is 1. The summed E-state index contributed by atoms with van der Waals surface area (Å²) in [5, 5.41) is 0.991. The van der Waals surface area contributed by atoms with E-state index in [1.54, 1.807) is 18.7 Å². The lowest BCUT2D eigenvalue weighted by Crippen LogP contribution is -2.23. The lowest BCUT2D eigenvalue weighted by molar-refractivity contribution is 1.09. The largest absolute Gasteiger partial charge is 0.382 e. The van der Waals surface area contributed by atoms with Crippen LogP contribution in [0.25, 0.3) is 10.9 Å². The predicted molar refractivity (Wildman–Crippen MR) is 68.9 cm³/mol.